The summed E-state index contributed by atoms with van der Waals surface area (Å²) < 4.78 is 37.1. The average Bonchev–Trinajstić information content (AvgIpc) is 3.08. The number of benzene rings is 2. The molecule has 0 bridgehead atoms. The molecule has 0 N–H and O–H groups in total. The molecule has 0 aromatic heterocycles. The molecule has 5 nitrogen and oxygen atoms in total. The number of thioether (sulfide) groups is 1. The quantitative estimate of drug-likeness (QED) is 0.787. The molecule has 2 aromatic rings. The molecule has 2 saturated heterocycles. The topological polar surface area (TPSA) is 66.8 Å². The molecule has 0 aliphatic carbocycles. The summed E-state index contributed by atoms with van der Waals surface area (Å²) in [6, 6.07) is 14.9. The van der Waals surface area contributed by atoms with Gasteiger partial charge in [-0.25, -0.2) is 12.8 Å². The fourth-order valence-electron chi connectivity index (χ4n) is 3.38. The Morgan fingerprint density at radius 1 is 1.11 bits per heavy atom. The molecular weight excluding hydrogens is 387 g/mol. The lowest BCUT2D eigenvalue weighted by molar-refractivity contribution is -0.117. The Kier molecular flexibility index (Phi) is 4.77. The zero-order valence-electron chi connectivity index (χ0n) is 14.3. The van der Waals surface area contributed by atoms with Crippen molar-refractivity contribution in [3.8, 4) is 0 Å². The first-order valence-corrected chi connectivity index (χ1v) is 11.2. The second-order valence-electron chi connectivity index (χ2n) is 6.60. The first-order valence-electron chi connectivity index (χ1n) is 8.49. The largest absolute Gasteiger partial charge is 0.316 e. The molecule has 0 saturated carbocycles. The first-order chi connectivity index (χ1) is 12.9. The monoisotopic (exact) mass is 404 g/mol. The van der Waals surface area contributed by atoms with Crippen molar-refractivity contribution < 1.29 is 17.6 Å². The summed E-state index contributed by atoms with van der Waals surface area (Å²) in [6.07, 6.45) is 0.0700. The molecule has 0 spiro atoms. The summed E-state index contributed by atoms with van der Waals surface area (Å²) in [5.74, 6) is -0.539. The fraction of sp³-hybridized carbons (Fsp3) is 0.263. The van der Waals surface area contributed by atoms with E-state index in [1.165, 1.54) is 23.9 Å². The second-order valence-corrected chi connectivity index (χ2v) is 9.96. The van der Waals surface area contributed by atoms with Gasteiger partial charge in [0.05, 0.1) is 24.0 Å². The number of rotatable bonds is 3. The number of carbonyl (C=O) groups is 1. The van der Waals surface area contributed by atoms with Gasteiger partial charge in [0.2, 0.25) is 0 Å². The van der Waals surface area contributed by atoms with Crippen LogP contribution in [0.5, 0.6) is 0 Å². The molecule has 8 heteroatoms. The Balaban J connectivity index is 1.61. The number of halogens is 1. The lowest BCUT2D eigenvalue weighted by Gasteiger charge is -2.24. The van der Waals surface area contributed by atoms with Crippen molar-refractivity contribution in [1.29, 1.82) is 0 Å². The van der Waals surface area contributed by atoms with Crippen molar-refractivity contribution in [3.63, 3.8) is 0 Å². The Bertz CT molecular complexity index is 991. The summed E-state index contributed by atoms with van der Waals surface area (Å²) in [7, 11) is -3.09. The third kappa shape index (κ3) is 3.91. The molecule has 2 aliphatic heterocycles. The Morgan fingerprint density at radius 3 is 2.52 bits per heavy atom. The Hall–Kier alpha value is -2.19. The number of carbonyl (C=O) groups excluding carboxylic acids is 1. The number of hydrogen-bond acceptors (Lipinski definition) is 4. The van der Waals surface area contributed by atoms with E-state index >= 15 is 0 Å². The van der Waals surface area contributed by atoms with Crippen LogP contribution in [0.4, 0.5) is 10.1 Å². The molecule has 0 unspecified atom stereocenters. The molecule has 27 heavy (non-hydrogen) atoms. The third-order valence-corrected chi connectivity index (χ3v) is 7.80. The highest BCUT2D eigenvalue weighted by Crippen LogP contribution is 2.40. The SMILES string of the molecule is O=C(Cc1ccc(F)cc1)N=C1S[C@@H]2CS(=O)(=O)C[C@H]2N1c1ccccc1. The van der Waals surface area contributed by atoms with E-state index < -0.39 is 9.84 Å². The van der Waals surface area contributed by atoms with Crippen molar-refractivity contribution in [2.24, 2.45) is 4.99 Å². The van der Waals surface area contributed by atoms with Gasteiger partial charge in [0.25, 0.3) is 5.91 Å². The predicted octanol–water partition coefficient (Wildman–Crippen LogP) is 2.67. The second kappa shape index (κ2) is 7.09. The molecule has 2 heterocycles. The molecule has 140 valence electrons. The normalized spacial score (nSPS) is 24.9. The minimum Gasteiger partial charge on any atom is -0.316 e. The third-order valence-electron chi connectivity index (χ3n) is 4.59. The summed E-state index contributed by atoms with van der Waals surface area (Å²) in [5, 5.41) is 0.394. The van der Waals surface area contributed by atoms with Crippen LogP contribution < -0.4 is 4.90 Å². The number of anilines is 1. The van der Waals surface area contributed by atoms with E-state index in [0.717, 1.165) is 5.69 Å². The van der Waals surface area contributed by atoms with Crippen LogP contribution in [0.3, 0.4) is 0 Å². The van der Waals surface area contributed by atoms with Crippen molar-refractivity contribution in [2.75, 3.05) is 16.4 Å². The van der Waals surface area contributed by atoms with E-state index in [2.05, 4.69) is 4.99 Å². The van der Waals surface area contributed by atoms with Crippen LogP contribution in [-0.4, -0.2) is 42.3 Å². The molecule has 2 fully saturated rings. The molecular formula is C19H17FN2O3S2. The van der Waals surface area contributed by atoms with E-state index in [-0.39, 0.29) is 40.9 Å². The van der Waals surface area contributed by atoms with Gasteiger partial charge in [-0.2, -0.15) is 4.99 Å². The number of amides is 1. The number of fused-ring (bicyclic) bond motifs is 1. The maximum atomic E-state index is 13.0. The minimum atomic E-state index is -3.09. The molecule has 1 amide bonds. The zero-order valence-corrected chi connectivity index (χ0v) is 15.9. The lowest BCUT2D eigenvalue weighted by atomic mass is 10.1. The number of nitrogens with zero attached hydrogens (tertiary/aromatic N) is 2. The number of para-hydroxylation sites is 1. The van der Waals surface area contributed by atoms with E-state index in [1.807, 2.05) is 35.2 Å². The summed E-state index contributed by atoms with van der Waals surface area (Å²) in [4.78, 5) is 18.6. The van der Waals surface area contributed by atoms with Gasteiger partial charge < -0.3 is 4.90 Å². The summed E-state index contributed by atoms with van der Waals surface area (Å²) >= 11 is 1.34. The smallest absolute Gasteiger partial charge is 0.252 e. The van der Waals surface area contributed by atoms with Gasteiger partial charge >= 0.3 is 0 Å². The van der Waals surface area contributed by atoms with Gasteiger partial charge in [-0.1, -0.05) is 42.1 Å². The van der Waals surface area contributed by atoms with E-state index in [4.69, 9.17) is 0 Å². The van der Waals surface area contributed by atoms with Crippen LogP contribution in [0.25, 0.3) is 0 Å². The van der Waals surface area contributed by atoms with Gasteiger partial charge in [0.15, 0.2) is 15.0 Å². The first kappa shape index (κ1) is 18.2. The zero-order chi connectivity index (χ0) is 19.0. The molecule has 2 aromatic carbocycles. The maximum absolute atomic E-state index is 13.0. The number of amidine groups is 1. The van der Waals surface area contributed by atoms with E-state index in [0.29, 0.717) is 10.7 Å². The maximum Gasteiger partial charge on any atom is 0.252 e. The van der Waals surface area contributed by atoms with Crippen LogP contribution in [0.1, 0.15) is 5.56 Å². The van der Waals surface area contributed by atoms with Crippen molar-refractivity contribution in [1.82, 2.24) is 0 Å². The van der Waals surface area contributed by atoms with E-state index in [9.17, 15) is 17.6 Å². The van der Waals surface area contributed by atoms with Crippen LogP contribution in [0, 0.1) is 5.82 Å². The van der Waals surface area contributed by atoms with Gasteiger partial charge in [0.1, 0.15) is 5.82 Å². The predicted molar refractivity (Wildman–Crippen MR) is 105 cm³/mol. The van der Waals surface area contributed by atoms with Crippen molar-refractivity contribution in [2.45, 2.75) is 17.7 Å². The Morgan fingerprint density at radius 2 is 1.81 bits per heavy atom. The molecule has 4 rings (SSSR count). The van der Waals surface area contributed by atoms with E-state index in [1.54, 1.807) is 12.1 Å². The summed E-state index contributed by atoms with van der Waals surface area (Å²) in [5.41, 5.74) is 1.51. The highest BCUT2D eigenvalue weighted by atomic mass is 32.2. The molecule has 0 radical (unpaired) electrons. The van der Waals surface area contributed by atoms with Crippen LogP contribution in [0.15, 0.2) is 59.6 Å². The highest BCUT2D eigenvalue weighted by molar-refractivity contribution is 8.16. The van der Waals surface area contributed by atoms with Crippen LogP contribution >= 0.6 is 11.8 Å². The lowest BCUT2D eigenvalue weighted by Crippen LogP contribution is -2.37. The number of hydrogen-bond donors (Lipinski definition) is 0. The van der Waals surface area contributed by atoms with Crippen LogP contribution in [0.2, 0.25) is 0 Å². The highest BCUT2D eigenvalue weighted by Gasteiger charge is 2.49. The molecule has 2 aliphatic rings. The van der Waals surface area contributed by atoms with Crippen molar-refractivity contribution in [3.05, 3.63) is 66.0 Å². The van der Waals surface area contributed by atoms with Gasteiger partial charge in [-0.3, -0.25) is 4.79 Å². The molecule has 2 atom stereocenters. The van der Waals surface area contributed by atoms with Gasteiger partial charge in [0, 0.05) is 10.9 Å². The average molecular weight is 404 g/mol. The minimum absolute atomic E-state index is 0.0603. The van der Waals surface area contributed by atoms with Gasteiger partial charge in [-0.15, -0.1) is 0 Å². The number of aliphatic imine (C=N–C) groups is 1. The Labute approximate surface area is 161 Å². The fourth-order valence-corrected chi connectivity index (χ4v) is 7.31. The standard InChI is InChI=1S/C19H17FN2O3S2/c20-14-8-6-13(7-9-14)10-18(23)21-19-22(15-4-2-1-3-5-15)16-11-27(24,25)12-17(16)26-19/h1-9,16-17H,10-12H2/t16-,17-/m1/s1. The number of sulfone groups is 1. The van der Waals surface area contributed by atoms with Crippen LogP contribution in [-0.2, 0) is 21.1 Å². The van der Waals surface area contributed by atoms with Gasteiger partial charge in [-0.05, 0) is 29.8 Å². The summed E-state index contributed by atoms with van der Waals surface area (Å²) in [6.45, 7) is 0. The van der Waals surface area contributed by atoms with Crippen molar-refractivity contribution >= 4 is 38.4 Å².